The van der Waals surface area contributed by atoms with Crippen LogP contribution in [0.25, 0.3) is 10.9 Å². The van der Waals surface area contributed by atoms with Crippen LogP contribution in [-0.4, -0.2) is 30.7 Å². The van der Waals surface area contributed by atoms with Crippen LogP contribution in [0.15, 0.2) is 30.5 Å². The van der Waals surface area contributed by atoms with Gasteiger partial charge in [0.1, 0.15) is 0 Å². The standard InChI is InChI=1S/C16H23N3/c1-18(11-9-13-6-5-10-17-13)16-12-19(2)15-8-4-3-7-14(15)16/h3-4,7-8,12-13,17H,5-6,9-11H2,1-2H3. The molecule has 1 unspecified atom stereocenters. The highest BCUT2D eigenvalue weighted by Crippen LogP contribution is 2.28. The Bertz CT molecular complexity index is 552. The molecule has 3 nitrogen and oxygen atoms in total. The van der Waals surface area contributed by atoms with E-state index in [9.17, 15) is 0 Å². The minimum Gasteiger partial charge on any atom is -0.373 e. The minimum absolute atomic E-state index is 0.720. The molecule has 0 aliphatic carbocycles. The van der Waals surface area contributed by atoms with Gasteiger partial charge in [0.05, 0.1) is 5.69 Å². The summed E-state index contributed by atoms with van der Waals surface area (Å²) in [5.41, 5.74) is 2.65. The van der Waals surface area contributed by atoms with E-state index in [-0.39, 0.29) is 0 Å². The van der Waals surface area contributed by atoms with Crippen molar-refractivity contribution >= 4 is 16.6 Å². The minimum atomic E-state index is 0.720. The van der Waals surface area contributed by atoms with E-state index in [1.807, 2.05) is 0 Å². The summed E-state index contributed by atoms with van der Waals surface area (Å²) in [6.07, 6.45) is 6.15. The van der Waals surface area contributed by atoms with Crippen LogP contribution in [0.1, 0.15) is 19.3 Å². The molecule has 19 heavy (non-hydrogen) atoms. The number of nitrogens with one attached hydrogen (secondary N) is 1. The Labute approximate surface area is 115 Å². The number of rotatable bonds is 4. The van der Waals surface area contributed by atoms with Gasteiger partial charge in [-0.25, -0.2) is 0 Å². The second-order valence-electron chi connectivity index (χ2n) is 5.65. The molecular weight excluding hydrogens is 234 g/mol. The Hall–Kier alpha value is -1.48. The molecule has 0 spiro atoms. The third kappa shape index (κ3) is 2.47. The molecule has 1 aliphatic heterocycles. The van der Waals surface area contributed by atoms with E-state index >= 15 is 0 Å². The van der Waals surface area contributed by atoms with Gasteiger partial charge in [0.2, 0.25) is 0 Å². The first-order valence-corrected chi connectivity index (χ1v) is 7.24. The van der Waals surface area contributed by atoms with Gasteiger partial charge < -0.3 is 14.8 Å². The number of aromatic nitrogens is 1. The molecule has 1 saturated heterocycles. The van der Waals surface area contributed by atoms with Gasteiger partial charge in [0.15, 0.2) is 0 Å². The molecule has 1 aromatic heterocycles. The summed E-state index contributed by atoms with van der Waals surface area (Å²) < 4.78 is 2.22. The van der Waals surface area contributed by atoms with Crippen LogP contribution in [0.2, 0.25) is 0 Å². The quantitative estimate of drug-likeness (QED) is 0.909. The van der Waals surface area contributed by atoms with Crippen molar-refractivity contribution in [2.75, 3.05) is 25.0 Å². The van der Waals surface area contributed by atoms with Gasteiger partial charge in [-0.05, 0) is 31.9 Å². The Morgan fingerprint density at radius 1 is 1.37 bits per heavy atom. The molecule has 0 radical (unpaired) electrons. The highest BCUT2D eigenvalue weighted by Gasteiger charge is 2.16. The molecule has 2 aromatic rings. The van der Waals surface area contributed by atoms with Crippen LogP contribution < -0.4 is 10.2 Å². The van der Waals surface area contributed by atoms with Crippen molar-refractivity contribution in [2.24, 2.45) is 7.05 Å². The Morgan fingerprint density at radius 2 is 2.21 bits per heavy atom. The lowest BCUT2D eigenvalue weighted by Crippen LogP contribution is -2.28. The highest BCUT2D eigenvalue weighted by atomic mass is 15.1. The average molecular weight is 257 g/mol. The maximum atomic E-state index is 3.57. The summed E-state index contributed by atoms with van der Waals surface area (Å²) in [4.78, 5) is 2.39. The van der Waals surface area contributed by atoms with E-state index in [0.717, 1.165) is 12.6 Å². The molecule has 1 aliphatic rings. The van der Waals surface area contributed by atoms with Crippen LogP contribution in [0.4, 0.5) is 5.69 Å². The number of benzene rings is 1. The third-order valence-electron chi connectivity index (χ3n) is 4.26. The van der Waals surface area contributed by atoms with Crippen molar-refractivity contribution in [3.63, 3.8) is 0 Å². The Kier molecular flexibility index (Phi) is 3.47. The van der Waals surface area contributed by atoms with Crippen LogP contribution in [-0.2, 0) is 7.05 Å². The molecule has 3 rings (SSSR count). The van der Waals surface area contributed by atoms with E-state index in [0.29, 0.717) is 0 Å². The van der Waals surface area contributed by atoms with Gasteiger partial charge in [-0.1, -0.05) is 18.2 Å². The van der Waals surface area contributed by atoms with Crippen LogP contribution >= 0.6 is 0 Å². The number of aryl methyl sites for hydroxylation is 1. The SMILES string of the molecule is CN(CCC1CCCN1)c1cn(C)c2ccccc12. The number of nitrogens with zero attached hydrogens (tertiary/aromatic N) is 2. The molecular formula is C16H23N3. The second-order valence-corrected chi connectivity index (χ2v) is 5.65. The van der Waals surface area contributed by atoms with Crippen molar-refractivity contribution in [3.05, 3.63) is 30.5 Å². The van der Waals surface area contributed by atoms with Crippen LogP contribution in [0, 0.1) is 0 Å². The summed E-state index contributed by atoms with van der Waals surface area (Å²) in [5, 5.41) is 4.93. The van der Waals surface area contributed by atoms with E-state index in [1.165, 1.54) is 42.4 Å². The number of hydrogen-bond acceptors (Lipinski definition) is 2. The Morgan fingerprint density at radius 3 is 3.00 bits per heavy atom. The maximum absolute atomic E-state index is 3.57. The lowest BCUT2D eigenvalue weighted by Gasteiger charge is -2.20. The first-order valence-electron chi connectivity index (χ1n) is 7.24. The fourth-order valence-electron chi connectivity index (χ4n) is 3.10. The monoisotopic (exact) mass is 257 g/mol. The first kappa shape index (κ1) is 12.5. The average Bonchev–Trinajstić information content (AvgIpc) is 3.05. The molecule has 0 bridgehead atoms. The zero-order valence-electron chi connectivity index (χ0n) is 11.9. The summed E-state index contributed by atoms with van der Waals surface area (Å²) in [6, 6.07) is 9.35. The molecule has 3 heteroatoms. The van der Waals surface area contributed by atoms with E-state index in [2.05, 4.69) is 59.3 Å². The van der Waals surface area contributed by atoms with E-state index in [4.69, 9.17) is 0 Å². The van der Waals surface area contributed by atoms with Crippen molar-refractivity contribution in [1.29, 1.82) is 0 Å². The molecule has 0 saturated carbocycles. The summed E-state index contributed by atoms with van der Waals surface area (Å²) in [6.45, 7) is 2.31. The number of fused-ring (bicyclic) bond motifs is 1. The zero-order chi connectivity index (χ0) is 13.2. The second kappa shape index (κ2) is 5.25. The van der Waals surface area contributed by atoms with Gasteiger partial charge >= 0.3 is 0 Å². The van der Waals surface area contributed by atoms with Crippen LogP contribution in [0.3, 0.4) is 0 Å². The zero-order valence-corrected chi connectivity index (χ0v) is 11.9. The molecule has 102 valence electrons. The van der Waals surface area contributed by atoms with Crippen molar-refractivity contribution < 1.29 is 0 Å². The van der Waals surface area contributed by atoms with Gasteiger partial charge in [-0.15, -0.1) is 0 Å². The largest absolute Gasteiger partial charge is 0.373 e. The topological polar surface area (TPSA) is 20.2 Å². The Balaban J connectivity index is 1.75. The lowest BCUT2D eigenvalue weighted by molar-refractivity contribution is 0.559. The van der Waals surface area contributed by atoms with Gasteiger partial charge in [-0.3, -0.25) is 0 Å². The fraction of sp³-hybridized carbons (Fsp3) is 0.500. The van der Waals surface area contributed by atoms with E-state index in [1.54, 1.807) is 0 Å². The van der Waals surface area contributed by atoms with E-state index < -0.39 is 0 Å². The third-order valence-corrected chi connectivity index (χ3v) is 4.26. The molecule has 2 heterocycles. The number of anilines is 1. The predicted octanol–water partition coefficient (Wildman–Crippen LogP) is 2.76. The normalized spacial score (nSPS) is 19.2. The summed E-state index contributed by atoms with van der Waals surface area (Å²) in [7, 11) is 4.33. The number of para-hydroxylation sites is 1. The molecule has 1 aromatic carbocycles. The summed E-state index contributed by atoms with van der Waals surface area (Å²) >= 11 is 0. The van der Waals surface area contributed by atoms with Crippen LogP contribution in [0.5, 0.6) is 0 Å². The molecule has 1 fully saturated rings. The molecule has 1 N–H and O–H groups in total. The lowest BCUT2D eigenvalue weighted by atomic mass is 10.1. The summed E-state index contributed by atoms with van der Waals surface area (Å²) in [5.74, 6) is 0. The molecule has 0 amide bonds. The van der Waals surface area contributed by atoms with Gasteiger partial charge in [0, 0.05) is 43.8 Å². The van der Waals surface area contributed by atoms with Crippen molar-refractivity contribution in [3.8, 4) is 0 Å². The maximum Gasteiger partial charge on any atom is 0.0623 e. The fourth-order valence-corrected chi connectivity index (χ4v) is 3.10. The van der Waals surface area contributed by atoms with Gasteiger partial charge in [-0.2, -0.15) is 0 Å². The van der Waals surface area contributed by atoms with Crippen molar-refractivity contribution in [2.45, 2.75) is 25.3 Å². The first-order chi connectivity index (χ1) is 9.25. The highest BCUT2D eigenvalue weighted by molar-refractivity contribution is 5.93. The van der Waals surface area contributed by atoms with Gasteiger partial charge in [0.25, 0.3) is 0 Å². The predicted molar refractivity (Wildman–Crippen MR) is 81.8 cm³/mol. The molecule has 1 atom stereocenters. The smallest absolute Gasteiger partial charge is 0.0623 e. The van der Waals surface area contributed by atoms with Crippen molar-refractivity contribution in [1.82, 2.24) is 9.88 Å². The number of hydrogen-bond donors (Lipinski definition) is 1.